The summed E-state index contributed by atoms with van der Waals surface area (Å²) in [6.45, 7) is 1.81. The number of rotatable bonds is 10. The van der Waals surface area contributed by atoms with Crippen molar-refractivity contribution in [1.29, 1.82) is 0 Å². The SMILES string of the molecule is Cc1cc2c(cc1N(CCCl)CCCl)nc1c(=O)[nH]c(=O)nc-1n2CC(O)C(O)C(O)CO. The first-order valence-corrected chi connectivity index (χ1v) is 11.3. The van der Waals surface area contributed by atoms with Crippen molar-refractivity contribution in [3.05, 3.63) is 38.5 Å². The fourth-order valence-corrected chi connectivity index (χ4v) is 4.08. The Morgan fingerprint density at radius 1 is 1.09 bits per heavy atom. The van der Waals surface area contributed by atoms with Crippen LogP contribution < -0.4 is 16.1 Å². The number of hydrogen-bond donors (Lipinski definition) is 5. The number of fused-ring (bicyclic) bond motifs is 2. The van der Waals surface area contributed by atoms with Gasteiger partial charge in [0.25, 0.3) is 5.56 Å². The summed E-state index contributed by atoms with van der Waals surface area (Å²) in [5.74, 6) is 0.644. The smallest absolute Gasteiger partial charge is 0.349 e. The molecule has 2 aliphatic heterocycles. The number of benzene rings is 1. The second kappa shape index (κ2) is 10.8. The van der Waals surface area contributed by atoms with Crippen LogP contribution in [0, 0.1) is 6.92 Å². The van der Waals surface area contributed by atoms with Crippen molar-refractivity contribution >= 4 is 39.9 Å². The van der Waals surface area contributed by atoms with Gasteiger partial charge in [-0.1, -0.05) is 0 Å². The van der Waals surface area contributed by atoms with Crippen molar-refractivity contribution < 1.29 is 20.4 Å². The van der Waals surface area contributed by atoms with E-state index >= 15 is 0 Å². The van der Waals surface area contributed by atoms with Gasteiger partial charge in [0, 0.05) is 30.5 Å². The second-order valence-corrected chi connectivity index (χ2v) is 8.32. The van der Waals surface area contributed by atoms with Crippen LogP contribution in [0.25, 0.3) is 22.6 Å². The molecular formula is C20H25Cl2N5O6. The molecule has 11 nitrogen and oxygen atoms in total. The fourth-order valence-electron chi connectivity index (χ4n) is 3.68. The Bertz CT molecular complexity index is 1200. The summed E-state index contributed by atoms with van der Waals surface area (Å²) in [4.78, 5) is 36.6. The molecule has 1 aromatic carbocycles. The summed E-state index contributed by atoms with van der Waals surface area (Å²) in [6.07, 6.45) is -4.82. The van der Waals surface area contributed by atoms with E-state index in [2.05, 4.69) is 15.0 Å². The number of alkyl halides is 2. The van der Waals surface area contributed by atoms with Crippen LogP contribution in [-0.2, 0) is 6.54 Å². The van der Waals surface area contributed by atoms with Crippen molar-refractivity contribution in [3.63, 3.8) is 0 Å². The van der Waals surface area contributed by atoms with Gasteiger partial charge < -0.3 is 29.9 Å². The minimum Gasteiger partial charge on any atom is -0.394 e. The lowest BCUT2D eigenvalue weighted by Gasteiger charge is -2.27. The number of aliphatic hydroxyl groups is 4. The van der Waals surface area contributed by atoms with Crippen LogP contribution in [-0.4, -0.2) is 89.7 Å². The van der Waals surface area contributed by atoms with Crippen molar-refractivity contribution in [2.75, 3.05) is 36.4 Å². The van der Waals surface area contributed by atoms with E-state index in [0.29, 0.717) is 35.9 Å². The number of aromatic amines is 1. The lowest BCUT2D eigenvalue weighted by Crippen LogP contribution is -2.42. The third-order valence-electron chi connectivity index (χ3n) is 5.32. The first kappa shape index (κ1) is 25.3. The molecule has 0 aromatic heterocycles. The molecule has 2 heterocycles. The largest absolute Gasteiger partial charge is 0.394 e. The maximum Gasteiger partial charge on any atom is 0.349 e. The summed E-state index contributed by atoms with van der Waals surface area (Å²) in [5, 5.41) is 39.4. The molecule has 3 atom stereocenters. The number of aromatic nitrogens is 4. The standard InChI is InChI=1S/C20H25Cl2N5O6/c1-10-6-13-11(7-12(10)26(4-2-21)5-3-22)23-16-18(24-20(33)25-19(16)32)27(13)8-14(29)17(31)15(30)9-28/h6-7,14-15,17,28-31H,2-5,8-9H2,1H3,(H,25,32,33). The van der Waals surface area contributed by atoms with Gasteiger partial charge in [0.2, 0.25) is 0 Å². The zero-order chi connectivity index (χ0) is 24.3. The molecule has 1 aromatic rings. The van der Waals surface area contributed by atoms with Crippen LogP contribution in [0.5, 0.6) is 0 Å². The molecule has 2 aliphatic rings. The molecule has 0 fully saturated rings. The highest BCUT2D eigenvalue weighted by atomic mass is 35.5. The van der Waals surface area contributed by atoms with Crippen LogP contribution >= 0.6 is 23.2 Å². The number of aliphatic hydroxyl groups excluding tert-OH is 4. The van der Waals surface area contributed by atoms with Crippen LogP contribution in [0.3, 0.4) is 0 Å². The Morgan fingerprint density at radius 3 is 2.36 bits per heavy atom. The number of nitrogens with zero attached hydrogens (tertiary/aromatic N) is 4. The first-order valence-electron chi connectivity index (χ1n) is 10.2. The number of aryl methyl sites for hydroxylation is 1. The van der Waals surface area contributed by atoms with Crippen LogP contribution in [0.15, 0.2) is 21.7 Å². The fraction of sp³-hybridized carbons (Fsp3) is 0.500. The Hall–Kier alpha value is -2.28. The first-order chi connectivity index (χ1) is 15.7. The predicted molar refractivity (Wildman–Crippen MR) is 125 cm³/mol. The zero-order valence-corrected chi connectivity index (χ0v) is 19.3. The monoisotopic (exact) mass is 501 g/mol. The minimum atomic E-state index is -1.68. The van der Waals surface area contributed by atoms with Gasteiger partial charge in [-0.15, -0.1) is 23.2 Å². The van der Waals surface area contributed by atoms with Gasteiger partial charge in [0.15, 0.2) is 11.5 Å². The molecule has 0 spiro atoms. The third kappa shape index (κ3) is 5.29. The number of H-pyrrole nitrogens is 1. The van der Waals surface area contributed by atoms with Gasteiger partial charge >= 0.3 is 5.69 Å². The normalized spacial score (nSPS) is 14.5. The van der Waals surface area contributed by atoms with Crippen LogP contribution in [0.1, 0.15) is 5.56 Å². The van der Waals surface area contributed by atoms with Crippen LogP contribution in [0.4, 0.5) is 5.69 Å². The molecule has 0 bridgehead atoms. The van der Waals surface area contributed by atoms with Gasteiger partial charge in [-0.3, -0.25) is 9.78 Å². The van der Waals surface area contributed by atoms with Crippen molar-refractivity contribution in [1.82, 2.24) is 19.5 Å². The van der Waals surface area contributed by atoms with Crippen molar-refractivity contribution in [2.24, 2.45) is 0 Å². The van der Waals surface area contributed by atoms with E-state index in [9.17, 15) is 24.9 Å². The summed E-state index contributed by atoms with van der Waals surface area (Å²) in [5.41, 5.74) is 0.620. The van der Waals surface area contributed by atoms with E-state index < -0.39 is 36.2 Å². The zero-order valence-electron chi connectivity index (χ0n) is 17.8. The van der Waals surface area contributed by atoms with E-state index in [-0.39, 0.29) is 18.1 Å². The maximum absolute atomic E-state index is 12.5. The van der Waals surface area contributed by atoms with Crippen molar-refractivity contribution in [2.45, 2.75) is 31.8 Å². The number of anilines is 1. The summed E-state index contributed by atoms with van der Waals surface area (Å²) >= 11 is 11.9. The molecule has 0 aliphatic carbocycles. The quantitative estimate of drug-likeness (QED) is 0.177. The van der Waals surface area contributed by atoms with E-state index in [1.807, 2.05) is 11.8 Å². The van der Waals surface area contributed by atoms with E-state index in [4.69, 9.17) is 28.3 Å². The Labute approximate surface area is 198 Å². The number of halogens is 2. The highest BCUT2D eigenvalue weighted by Crippen LogP contribution is 2.29. The molecule has 180 valence electrons. The van der Waals surface area contributed by atoms with Gasteiger partial charge in [-0.05, 0) is 24.6 Å². The average molecular weight is 502 g/mol. The third-order valence-corrected chi connectivity index (χ3v) is 5.66. The van der Waals surface area contributed by atoms with Gasteiger partial charge in [-0.2, -0.15) is 4.98 Å². The molecule has 0 saturated heterocycles. The van der Waals surface area contributed by atoms with E-state index in [1.54, 1.807) is 12.1 Å². The topological polar surface area (TPSA) is 165 Å². The minimum absolute atomic E-state index is 0.0912. The van der Waals surface area contributed by atoms with E-state index in [1.165, 1.54) is 4.57 Å². The van der Waals surface area contributed by atoms with Gasteiger partial charge in [0.1, 0.15) is 18.3 Å². The number of nitrogens with one attached hydrogen (secondary N) is 1. The lowest BCUT2D eigenvalue weighted by atomic mass is 10.1. The highest BCUT2D eigenvalue weighted by molar-refractivity contribution is 6.18. The van der Waals surface area contributed by atoms with E-state index in [0.717, 1.165) is 11.3 Å². The van der Waals surface area contributed by atoms with Crippen LogP contribution in [0.2, 0.25) is 0 Å². The maximum atomic E-state index is 12.5. The molecular weight excluding hydrogens is 477 g/mol. The highest BCUT2D eigenvalue weighted by Gasteiger charge is 2.28. The Kier molecular flexibility index (Phi) is 8.27. The van der Waals surface area contributed by atoms with Gasteiger partial charge in [-0.25, -0.2) is 9.78 Å². The second-order valence-electron chi connectivity index (χ2n) is 7.57. The molecule has 3 rings (SSSR count). The molecule has 3 unspecified atom stereocenters. The Morgan fingerprint density at radius 2 is 1.76 bits per heavy atom. The average Bonchev–Trinajstić information content (AvgIpc) is 2.78. The molecule has 0 saturated carbocycles. The van der Waals surface area contributed by atoms with Crippen molar-refractivity contribution in [3.8, 4) is 11.5 Å². The molecule has 33 heavy (non-hydrogen) atoms. The summed E-state index contributed by atoms with van der Waals surface area (Å²) in [6, 6.07) is 3.50. The molecule has 13 heteroatoms. The molecule has 0 amide bonds. The summed E-state index contributed by atoms with van der Waals surface area (Å²) in [7, 11) is 0. The van der Waals surface area contributed by atoms with Gasteiger partial charge in [0.05, 0.1) is 24.2 Å². The lowest BCUT2D eigenvalue weighted by molar-refractivity contribution is -0.0802. The Balaban J connectivity index is 2.26. The molecule has 5 N–H and O–H groups in total. The number of hydrogen-bond acceptors (Lipinski definition) is 9. The summed E-state index contributed by atoms with van der Waals surface area (Å²) < 4.78 is 1.39. The molecule has 0 radical (unpaired) electrons. The predicted octanol–water partition coefficient (Wildman–Crippen LogP) is -0.748.